The summed E-state index contributed by atoms with van der Waals surface area (Å²) in [4.78, 5) is 0.778. The first kappa shape index (κ1) is 9.18. The predicted molar refractivity (Wildman–Crippen MR) is 53.5 cm³/mol. The van der Waals surface area contributed by atoms with Crippen LogP contribution in [-0.2, 0) is 0 Å². The number of thiocyanates is 1. The van der Waals surface area contributed by atoms with Gasteiger partial charge in [-0.1, -0.05) is 41.9 Å². The second-order valence-electron chi connectivity index (χ2n) is 2.03. The third-order valence-corrected chi connectivity index (χ3v) is 2.33. The van der Waals surface area contributed by atoms with E-state index in [4.69, 9.17) is 16.9 Å². The Morgan fingerprint density at radius 1 is 1.42 bits per heavy atom. The quantitative estimate of drug-likeness (QED) is 0.675. The highest BCUT2D eigenvalue weighted by Gasteiger charge is 1.99. The van der Waals surface area contributed by atoms with Gasteiger partial charge in [-0.25, -0.2) is 0 Å². The fourth-order valence-electron chi connectivity index (χ4n) is 0.796. The van der Waals surface area contributed by atoms with Crippen LogP contribution in [0.1, 0.15) is 5.56 Å². The van der Waals surface area contributed by atoms with Gasteiger partial charge in [0.2, 0.25) is 0 Å². The summed E-state index contributed by atoms with van der Waals surface area (Å²) in [6.07, 6.45) is 0. The number of nitrogens with zero attached hydrogens (tertiary/aromatic N) is 1. The van der Waals surface area contributed by atoms with Crippen molar-refractivity contribution in [3.63, 3.8) is 0 Å². The Balaban J connectivity index is 2.91. The summed E-state index contributed by atoms with van der Waals surface area (Å²) in [5, 5.41) is 10.4. The van der Waals surface area contributed by atoms with Gasteiger partial charge >= 0.3 is 0 Å². The Morgan fingerprint density at radius 3 is 2.58 bits per heavy atom. The molecule has 3 heteroatoms. The number of rotatable bonds is 2. The van der Waals surface area contributed by atoms with Crippen LogP contribution in [0.3, 0.4) is 0 Å². The summed E-state index contributed by atoms with van der Waals surface area (Å²) in [7, 11) is 0. The largest absolute Gasteiger partial charge is 0.185 e. The van der Waals surface area contributed by atoms with E-state index < -0.39 is 0 Å². The van der Waals surface area contributed by atoms with Crippen LogP contribution in [0.15, 0.2) is 35.9 Å². The molecule has 0 bridgehead atoms. The zero-order valence-corrected chi connectivity index (χ0v) is 7.77. The molecule has 0 aliphatic carbocycles. The van der Waals surface area contributed by atoms with Gasteiger partial charge in [-0.3, -0.25) is 0 Å². The molecule has 1 nitrogen and oxygen atoms in total. The van der Waals surface area contributed by atoms with Gasteiger partial charge in [-0.2, -0.15) is 5.26 Å². The van der Waals surface area contributed by atoms with Crippen LogP contribution in [0.25, 0.3) is 4.91 Å². The Kier molecular flexibility index (Phi) is 3.72. The lowest BCUT2D eigenvalue weighted by Crippen LogP contribution is -1.75. The molecule has 1 aromatic carbocycles. The van der Waals surface area contributed by atoms with Gasteiger partial charge in [0.1, 0.15) is 5.40 Å². The summed E-state index contributed by atoms with van der Waals surface area (Å²) >= 11 is 6.61. The normalized spacial score (nSPS) is 10.8. The third kappa shape index (κ3) is 2.30. The van der Waals surface area contributed by atoms with Gasteiger partial charge in [0.15, 0.2) is 0 Å². The van der Waals surface area contributed by atoms with E-state index in [2.05, 4.69) is 0 Å². The number of thioether (sulfide) groups is 1. The van der Waals surface area contributed by atoms with Crippen molar-refractivity contribution in [2.24, 2.45) is 0 Å². The lowest BCUT2D eigenvalue weighted by molar-refractivity contribution is 1.57. The van der Waals surface area contributed by atoms with E-state index in [-0.39, 0.29) is 0 Å². The minimum Gasteiger partial charge on any atom is -0.185 e. The van der Waals surface area contributed by atoms with E-state index in [0.29, 0.717) is 0 Å². The molecule has 60 valence electrons. The molecule has 0 aliphatic heterocycles. The molecule has 0 radical (unpaired) electrons. The molecule has 1 aromatic rings. The minimum atomic E-state index is 0.778. The molecule has 0 atom stereocenters. The van der Waals surface area contributed by atoms with Crippen LogP contribution in [-0.4, -0.2) is 0 Å². The molecule has 0 amide bonds. The summed E-state index contributed by atoms with van der Waals surface area (Å²) < 4.78 is 0. The predicted octanol–water partition coefficient (Wildman–Crippen LogP) is 3.44. The maximum atomic E-state index is 8.44. The van der Waals surface area contributed by atoms with Crippen LogP contribution in [0, 0.1) is 10.7 Å². The van der Waals surface area contributed by atoms with Crippen molar-refractivity contribution < 1.29 is 0 Å². The van der Waals surface area contributed by atoms with Gasteiger partial charge in [0, 0.05) is 10.4 Å². The lowest BCUT2D eigenvalue weighted by Gasteiger charge is -1.98. The number of halogens is 1. The molecule has 0 N–H and O–H groups in total. The standard InChI is InChI=1S/C9H6ClNS/c10-6-9(12-7-11)8-4-2-1-3-5-8/h1-6H/b9-6-. The summed E-state index contributed by atoms with van der Waals surface area (Å²) in [5.74, 6) is 0. The van der Waals surface area contributed by atoms with Crippen LogP contribution >= 0.6 is 23.4 Å². The van der Waals surface area contributed by atoms with Gasteiger partial charge in [-0.15, -0.1) is 0 Å². The Labute approximate surface area is 80.7 Å². The topological polar surface area (TPSA) is 23.8 Å². The smallest absolute Gasteiger partial charge is 0.138 e. The number of hydrogen-bond acceptors (Lipinski definition) is 2. The SMILES string of the molecule is N#CS/C(=C\Cl)c1ccccc1. The summed E-state index contributed by atoms with van der Waals surface area (Å²) in [6, 6.07) is 9.57. The van der Waals surface area contributed by atoms with Crippen molar-refractivity contribution in [3.8, 4) is 5.40 Å². The Hall–Kier alpha value is -0.910. The molecule has 0 saturated carbocycles. The fraction of sp³-hybridized carbons (Fsp3) is 0. The minimum absolute atomic E-state index is 0.778. The highest BCUT2D eigenvalue weighted by molar-refractivity contribution is 8.12. The van der Waals surface area contributed by atoms with Crippen LogP contribution in [0.4, 0.5) is 0 Å². The number of nitriles is 1. The molecule has 0 unspecified atom stereocenters. The average molecular weight is 196 g/mol. The first-order chi connectivity index (χ1) is 5.88. The third-order valence-electron chi connectivity index (χ3n) is 1.31. The number of benzene rings is 1. The second kappa shape index (κ2) is 4.87. The molecule has 0 spiro atoms. The molecule has 0 saturated heterocycles. The summed E-state index contributed by atoms with van der Waals surface area (Å²) in [6.45, 7) is 0. The fourth-order valence-corrected chi connectivity index (χ4v) is 1.45. The molecule has 0 fully saturated rings. The molecule has 1 rings (SSSR count). The van der Waals surface area contributed by atoms with E-state index in [1.54, 1.807) is 0 Å². The van der Waals surface area contributed by atoms with E-state index in [1.807, 2.05) is 35.7 Å². The van der Waals surface area contributed by atoms with Crippen molar-refractivity contribution in [3.05, 3.63) is 41.4 Å². The van der Waals surface area contributed by atoms with Crippen molar-refractivity contribution >= 4 is 28.3 Å². The van der Waals surface area contributed by atoms with E-state index in [9.17, 15) is 0 Å². The lowest BCUT2D eigenvalue weighted by atomic mass is 10.2. The highest BCUT2D eigenvalue weighted by atomic mass is 35.5. The van der Waals surface area contributed by atoms with E-state index >= 15 is 0 Å². The van der Waals surface area contributed by atoms with Gasteiger partial charge < -0.3 is 0 Å². The van der Waals surface area contributed by atoms with Crippen molar-refractivity contribution in [2.75, 3.05) is 0 Å². The second-order valence-corrected chi connectivity index (χ2v) is 3.08. The zero-order valence-electron chi connectivity index (χ0n) is 6.20. The molecule has 0 aliphatic rings. The van der Waals surface area contributed by atoms with Crippen LogP contribution in [0.2, 0.25) is 0 Å². The highest BCUT2D eigenvalue weighted by Crippen LogP contribution is 2.26. The van der Waals surface area contributed by atoms with Crippen molar-refractivity contribution in [1.29, 1.82) is 5.26 Å². The van der Waals surface area contributed by atoms with Gasteiger partial charge in [0.05, 0.1) is 0 Å². The molecular formula is C9H6ClNS. The van der Waals surface area contributed by atoms with Crippen molar-refractivity contribution in [2.45, 2.75) is 0 Å². The first-order valence-corrected chi connectivity index (χ1v) is 4.55. The van der Waals surface area contributed by atoms with Crippen LogP contribution < -0.4 is 0 Å². The maximum absolute atomic E-state index is 8.44. The Bertz CT molecular complexity index is 313. The van der Waals surface area contributed by atoms with Gasteiger partial charge in [0.25, 0.3) is 0 Å². The van der Waals surface area contributed by atoms with Crippen LogP contribution in [0.5, 0.6) is 0 Å². The first-order valence-electron chi connectivity index (χ1n) is 3.30. The molecule has 0 heterocycles. The maximum Gasteiger partial charge on any atom is 0.138 e. The number of hydrogen-bond donors (Lipinski definition) is 0. The zero-order chi connectivity index (χ0) is 8.81. The Morgan fingerprint density at radius 2 is 2.08 bits per heavy atom. The van der Waals surface area contributed by atoms with E-state index in [0.717, 1.165) is 22.2 Å². The van der Waals surface area contributed by atoms with E-state index in [1.165, 1.54) is 5.54 Å². The van der Waals surface area contributed by atoms with Gasteiger partial charge in [-0.05, 0) is 17.3 Å². The molecule has 0 aromatic heterocycles. The molecular weight excluding hydrogens is 190 g/mol. The van der Waals surface area contributed by atoms with Crippen molar-refractivity contribution in [1.82, 2.24) is 0 Å². The monoisotopic (exact) mass is 195 g/mol. The summed E-state index contributed by atoms with van der Waals surface area (Å²) in [5.41, 5.74) is 2.39. The average Bonchev–Trinajstić information content (AvgIpc) is 2.15. The molecule has 12 heavy (non-hydrogen) atoms.